The van der Waals surface area contributed by atoms with Gasteiger partial charge in [-0.2, -0.15) is 0 Å². The first-order valence-corrected chi connectivity index (χ1v) is 5.34. The van der Waals surface area contributed by atoms with Crippen molar-refractivity contribution in [2.75, 3.05) is 13.1 Å². The molecule has 0 aromatic carbocycles. The summed E-state index contributed by atoms with van der Waals surface area (Å²) in [6.07, 6.45) is 4.09. The molecule has 1 heterocycles. The number of aliphatic carboxylic acids is 1. The molecule has 0 aromatic rings. The molecule has 1 amide bonds. The van der Waals surface area contributed by atoms with E-state index in [0.29, 0.717) is 25.8 Å². The van der Waals surface area contributed by atoms with Gasteiger partial charge in [0, 0.05) is 13.1 Å². The molecule has 1 aliphatic heterocycles. The van der Waals surface area contributed by atoms with E-state index in [-0.39, 0.29) is 6.54 Å². The molecule has 0 radical (unpaired) electrons. The number of allylic oxidation sites excluding steroid dienone is 2. The van der Waals surface area contributed by atoms with Gasteiger partial charge in [-0.25, -0.2) is 4.79 Å². The Kier molecular flexibility index (Phi) is 3.93. The normalized spacial score (nSPS) is 25.9. The van der Waals surface area contributed by atoms with Crippen LogP contribution in [-0.2, 0) is 4.79 Å². The van der Waals surface area contributed by atoms with Gasteiger partial charge in [-0.1, -0.05) is 12.2 Å². The highest BCUT2D eigenvalue weighted by Crippen LogP contribution is 2.34. The van der Waals surface area contributed by atoms with Gasteiger partial charge in [0.25, 0.3) is 0 Å². The molecule has 1 unspecified atom stereocenters. The van der Waals surface area contributed by atoms with Crippen LogP contribution < -0.4 is 0 Å². The molecule has 0 aromatic heterocycles. The summed E-state index contributed by atoms with van der Waals surface area (Å²) >= 11 is 0. The largest absolute Gasteiger partial charge is 0.481 e. The number of amides is 1. The highest BCUT2D eigenvalue weighted by molar-refractivity contribution is 5.76. The lowest BCUT2D eigenvalue weighted by atomic mass is 9.77. The Hall–Kier alpha value is -1.52. The molecular weight excluding hydrogens is 210 g/mol. The molecule has 5 heteroatoms. The maximum Gasteiger partial charge on any atom is 0.407 e. The van der Waals surface area contributed by atoms with Crippen LogP contribution in [-0.4, -0.2) is 40.3 Å². The molecule has 1 atom stereocenters. The molecule has 5 nitrogen and oxygen atoms in total. The number of carbonyl (C=O) groups is 2. The molecule has 2 N–H and O–H groups in total. The molecule has 0 aliphatic carbocycles. The highest BCUT2D eigenvalue weighted by Gasteiger charge is 2.42. The van der Waals surface area contributed by atoms with E-state index in [2.05, 4.69) is 0 Å². The van der Waals surface area contributed by atoms with Crippen molar-refractivity contribution < 1.29 is 19.8 Å². The molecule has 0 saturated carbocycles. The minimum atomic E-state index is -1.04. The molecular formula is C11H17NO4. The fraction of sp³-hybridized carbons (Fsp3) is 0.636. The van der Waals surface area contributed by atoms with Crippen LogP contribution in [0.1, 0.15) is 26.2 Å². The lowest BCUT2D eigenvalue weighted by Gasteiger charge is -2.38. The van der Waals surface area contributed by atoms with E-state index < -0.39 is 17.5 Å². The van der Waals surface area contributed by atoms with Crippen LogP contribution in [0.2, 0.25) is 0 Å². The third kappa shape index (κ3) is 2.53. The molecule has 1 saturated heterocycles. The minimum Gasteiger partial charge on any atom is -0.481 e. The second-order valence-corrected chi connectivity index (χ2v) is 4.17. The van der Waals surface area contributed by atoms with Crippen molar-refractivity contribution in [1.29, 1.82) is 0 Å². The molecule has 1 aliphatic rings. The van der Waals surface area contributed by atoms with Crippen LogP contribution >= 0.6 is 0 Å². The summed E-state index contributed by atoms with van der Waals surface area (Å²) < 4.78 is 0. The summed E-state index contributed by atoms with van der Waals surface area (Å²) in [5, 5.41) is 18.2. The smallest absolute Gasteiger partial charge is 0.407 e. The fourth-order valence-electron chi connectivity index (χ4n) is 2.07. The summed E-state index contributed by atoms with van der Waals surface area (Å²) in [6.45, 7) is 2.34. The van der Waals surface area contributed by atoms with Crippen LogP contribution in [0.4, 0.5) is 4.79 Å². The second-order valence-electron chi connectivity index (χ2n) is 4.17. The summed E-state index contributed by atoms with van der Waals surface area (Å²) in [4.78, 5) is 23.3. The Labute approximate surface area is 94.4 Å². The summed E-state index contributed by atoms with van der Waals surface area (Å²) in [7, 11) is 0. The van der Waals surface area contributed by atoms with E-state index in [9.17, 15) is 14.7 Å². The van der Waals surface area contributed by atoms with Crippen molar-refractivity contribution in [2.24, 2.45) is 5.41 Å². The molecule has 0 spiro atoms. The monoisotopic (exact) mass is 227 g/mol. The first-order valence-electron chi connectivity index (χ1n) is 5.34. The highest BCUT2D eigenvalue weighted by atomic mass is 16.4. The van der Waals surface area contributed by atoms with Crippen LogP contribution in [0.5, 0.6) is 0 Å². The van der Waals surface area contributed by atoms with Gasteiger partial charge in [-0.05, 0) is 26.2 Å². The maximum absolute atomic E-state index is 11.3. The van der Waals surface area contributed by atoms with Crippen LogP contribution in [0, 0.1) is 5.41 Å². The summed E-state index contributed by atoms with van der Waals surface area (Å²) in [5.41, 5.74) is -0.941. The van der Waals surface area contributed by atoms with Crippen LogP contribution in [0.3, 0.4) is 0 Å². The fourth-order valence-corrected chi connectivity index (χ4v) is 2.07. The van der Waals surface area contributed by atoms with E-state index in [4.69, 9.17) is 5.11 Å². The van der Waals surface area contributed by atoms with Gasteiger partial charge < -0.3 is 15.1 Å². The Bertz CT molecular complexity index is 313. The molecule has 1 fully saturated rings. The van der Waals surface area contributed by atoms with Crippen molar-refractivity contribution >= 4 is 12.1 Å². The predicted octanol–water partition coefficient (Wildman–Crippen LogP) is 1.80. The molecule has 90 valence electrons. The van der Waals surface area contributed by atoms with Gasteiger partial charge in [0.2, 0.25) is 0 Å². The van der Waals surface area contributed by atoms with Gasteiger partial charge in [0.05, 0.1) is 5.41 Å². The van der Waals surface area contributed by atoms with Crippen molar-refractivity contribution in [3.63, 3.8) is 0 Å². The number of hydrogen-bond acceptors (Lipinski definition) is 2. The zero-order valence-corrected chi connectivity index (χ0v) is 9.35. The van der Waals surface area contributed by atoms with Crippen molar-refractivity contribution in [3.8, 4) is 0 Å². The van der Waals surface area contributed by atoms with Gasteiger partial charge >= 0.3 is 12.1 Å². The number of carboxylic acid groups (broad SMARTS) is 2. The number of carboxylic acids is 1. The number of piperidine rings is 1. The number of likely N-dealkylation sites (tertiary alicyclic amines) is 1. The minimum absolute atomic E-state index is 0.0853. The maximum atomic E-state index is 11.3. The Balaban J connectivity index is 2.84. The number of hydrogen-bond donors (Lipinski definition) is 2. The average molecular weight is 227 g/mol. The Morgan fingerprint density at radius 2 is 2.12 bits per heavy atom. The first-order chi connectivity index (χ1) is 7.52. The van der Waals surface area contributed by atoms with E-state index in [1.165, 1.54) is 4.90 Å². The Morgan fingerprint density at radius 1 is 1.44 bits per heavy atom. The van der Waals surface area contributed by atoms with E-state index in [0.717, 1.165) is 0 Å². The zero-order chi connectivity index (χ0) is 12.2. The third-order valence-electron chi connectivity index (χ3n) is 3.05. The lowest BCUT2D eigenvalue weighted by molar-refractivity contribution is -0.151. The Morgan fingerprint density at radius 3 is 2.62 bits per heavy atom. The van der Waals surface area contributed by atoms with Gasteiger partial charge in [0.1, 0.15) is 0 Å². The standard InChI is InChI=1S/C11H17NO4/c1-2-3-5-11(9(13)14)6-4-7-12(8-11)10(15)16/h2-3H,4-8H2,1H3,(H,13,14)(H,15,16)/b3-2+. The van der Waals surface area contributed by atoms with Crippen molar-refractivity contribution in [2.45, 2.75) is 26.2 Å². The molecule has 16 heavy (non-hydrogen) atoms. The molecule has 0 bridgehead atoms. The third-order valence-corrected chi connectivity index (χ3v) is 3.05. The zero-order valence-electron chi connectivity index (χ0n) is 9.35. The molecule has 1 rings (SSSR count). The van der Waals surface area contributed by atoms with Gasteiger partial charge in [0.15, 0.2) is 0 Å². The first kappa shape index (κ1) is 12.5. The van der Waals surface area contributed by atoms with E-state index in [1.54, 1.807) is 12.2 Å². The quantitative estimate of drug-likeness (QED) is 0.720. The van der Waals surface area contributed by atoms with Gasteiger partial charge in [-0.3, -0.25) is 4.79 Å². The van der Waals surface area contributed by atoms with Crippen molar-refractivity contribution in [1.82, 2.24) is 4.90 Å². The number of rotatable bonds is 3. The second kappa shape index (κ2) is 5.01. The van der Waals surface area contributed by atoms with Gasteiger partial charge in [-0.15, -0.1) is 0 Å². The van der Waals surface area contributed by atoms with E-state index >= 15 is 0 Å². The SMILES string of the molecule is C/C=C/CC1(C(=O)O)CCCN(C(=O)O)C1. The van der Waals surface area contributed by atoms with Crippen LogP contribution in [0.25, 0.3) is 0 Å². The topological polar surface area (TPSA) is 77.8 Å². The predicted molar refractivity (Wildman–Crippen MR) is 58.3 cm³/mol. The average Bonchev–Trinajstić information content (AvgIpc) is 2.26. The summed E-state index contributed by atoms with van der Waals surface area (Å²) in [6, 6.07) is 0. The van der Waals surface area contributed by atoms with Crippen LogP contribution in [0.15, 0.2) is 12.2 Å². The van der Waals surface area contributed by atoms with E-state index in [1.807, 2.05) is 6.92 Å². The van der Waals surface area contributed by atoms with Crippen molar-refractivity contribution in [3.05, 3.63) is 12.2 Å². The lowest BCUT2D eigenvalue weighted by Crippen LogP contribution is -2.49. The summed E-state index contributed by atoms with van der Waals surface area (Å²) in [5.74, 6) is -0.906. The number of nitrogens with zero attached hydrogens (tertiary/aromatic N) is 1.